The van der Waals surface area contributed by atoms with Crippen molar-refractivity contribution in [3.63, 3.8) is 0 Å². The van der Waals surface area contributed by atoms with Gasteiger partial charge in [0.2, 0.25) is 0 Å². The minimum absolute atomic E-state index is 0.659. The van der Waals surface area contributed by atoms with Crippen molar-refractivity contribution in [3.8, 4) is 27.8 Å². The summed E-state index contributed by atoms with van der Waals surface area (Å²) < 4.78 is 5.76. The van der Waals surface area contributed by atoms with Crippen molar-refractivity contribution in [2.24, 2.45) is 0 Å². The van der Waals surface area contributed by atoms with Gasteiger partial charge in [0, 0.05) is 6.54 Å². The van der Waals surface area contributed by atoms with E-state index in [0.717, 1.165) is 34.2 Å². The Kier molecular flexibility index (Phi) is 2.67. The van der Waals surface area contributed by atoms with Crippen LogP contribution in [-0.2, 0) is 0 Å². The molecule has 5 nitrogen and oxygen atoms in total. The Balaban J connectivity index is 1.78. The maximum atomic E-state index is 5.76. The highest BCUT2D eigenvalue weighted by Gasteiger charge is 2.18. The van der Waals surface area contributed by atoms with Gasteiger partial charge >= 0.3 is 0 Å². The zero-order valence-corrected chi connectivity index (χ0v) is 11.4. The smallest absolute Gasteiger partial charge is 0.185 e. The van der Waals surface area contributed by atoms with E-state index < -0.39 is 0 Å². The highest BCUT2D eigenvalue weighted by atomic mass is 32.1. The number of aromatic amines is 1. The number of fused-ring (bicyclic) bond motifs is 1. The van der Waals surface area contributed by atoms with Crippen LogP contribution >= 0.6 is 11.3 Å². The molecule has 0 saturated carbocycles. The molecule has 1 aliphatic rings. The summed E-state index contributed by atoms with van der Waals surface area (Å²) in [5.74, 6) is 2.28. The number of para-hydroxylation sites is 1. The third kappa shape index (κ3) is 1.85. The third-order valence-corrected chi connectivity index (χ3v) is 4.04. The summed E-state index contributed by atoms with van der Waals surface area (Å²) in [6, 6.07) is 9.99. The summed E-state index contributed by atoms with van der Waals surface area (Å²) in [6.07, 6.45) is 0. The number of nitrogens with zero attached hydrogens (tertiary/aromatic N) is 2. The first kappa shape index (κ1) is 11.5. The van der Waals surface area contributed by atoms with E-state index in [-0.39, 0.29) is 0 Å². The van der Waals surface area contributed by atoms with Crippen molar-refractivity contribution in [1.29, 1.82) is 0 Å². The molecule has 0 fully saturated rings. The minimum Gasteiger partial charge on any atom is -0.489 e. The number of benzene rings is 1. The molecule has 6 heteroatoms. The van der Waals surface area contributed by atoms with Gasteiger partial charge in [0.05, 0.1) is 16.1 Å². The minimum atomic E-state index is 0.659. The molecule has 3 heterocycles. The molecular formula is C14H12N4OS. The van der Waals surface area contributed by atoms with E-state index in [4.69, 9.17) is 4.74 Å². The molecule has 1 aliphatic heterocycles. The van der Waals surface area contributed by atoms with Crippen LogP contribution in [0.25, 0.3) is 22.1 Å². The fourth-order valence-electron chi connectivity index (χ4n) is 2.25. The van der Waals surface area contributed by atoms with Crippen molar-refractivity contribution < 1.29 is 4.74 Å². The van der Waals surface area contributed by atoms with E-state index in [9.17, 15) is 0 Å². The molecule has 2 aromatic heterocycles. The van der Waals surface area contributed by atoms with Crippen LogP contribution in [0.5, 0.6) is 5.75 Å². The largest absolute Gasteiger partial charge is 0.489 e. The Labute approximate surface area is 119 Å². The molecule has 0 unspecified atom stereocenters. The second-order valence-electron chi connectivity index (χ2n) is 4.44. The topological polar surface area (TPSA) is 62.8 Å². The fourth-order valence-corrected chi connectivity index (χ4v) is 2.92. The summed E-state index contributed by atoms with van der Waals surface area (Å²) >= 11 is 1.64. The van der Waals surface area contributed by atoms with Gasteiger partial charge in [-0.05, 0) is 23.6 Å². The molecule has 2 N–H and O–H groups in total. The number of aromatic nitrogens is 3. The molecule has 0 bridgehead atoms. The number of H-pyrrole nitrogens is 1. The number of anilines is 1. The molecule has 0 aliphatic carbocycles. The second kappa shape index (κ2) is 4.64. The lowest BCUT2D eigenvalue weighted by Crippen LogP contribution is -2.18. The van der Waals surface area contributed by atoms with Gasteiger partial charge in [-0.25, -0.2) is 4.98 Å². The monoisotopic (exact) mass is 284 g/mol. The average Bonchev–Trinajstić information content (AvgIpc) is 3.17. The Bertz CT molecular complexity index is 735. The van der Waals surface area contributed by atoms with Gasteiger partial charge < -0.3 is 10.1 Å². The van der Waals surface area contributed by atoms with E-state index in [2.05, 4.69) is 20.5 Å². The summed E-state index contributed by atoms with van der Waals surface area (Å²) in [5, 5.41) is 12.6. The third-order valence-electron chi connectivity index (χ3n) is 3.16. The Morgan fingerprint density at radius 1 is 1.20 bits per heavy atom. The van der Waals surface area contributed by atoms with E-state index >= 15 is 0 Å². The van der Waals surface area contributed by atoms with Crippen LogP contribution in [0.15, 0.2) is 35.7 Å². The number of hydrogen-bond donors (Lipinski definition) is 2. The normalized spacial score (nSPS) is 13.4. The summed E-state index contributed by atoms with van der Waals surface area (Å²) in [4.78, 5) is 5.64. The van der Waals surface area contributed by atoms with Gasteiger partial charge in [0.25, 0.3) is 0 Å². The van der Waals surface area contributed by atoms with Gasteiger partial charge in [-0.3, -0.25) is 5.10 Å². The Morgan fingerprint density at radius 2 is 2.20 bits per heavy atom. The molecule has 0 saturated heterocycles. The van der Waals surface area contributed by atoms with Crippen molar-refractivity contribution in [2.75, 3.05) is 18.5 Å². The highest BCUT2D eigenvalue weighted by molar-refractivity contribution is 7.13. The van der Waals surface area contributed by atoms with Crippen molar-refractivity contribution in [3.05, 3.63) is 35.7 Å². The van der Waals surface area contributed by atoms with Gasteiger partial charge in [-0.2, -0.15) is 5.10 Å². The lowest BCUT2D eigenvalue weighted by Gasteiger charge is -2.20. The van der Waals surface area contributed by atoms with Crippen LogP contribution < -0.4 is 10.1 Å². The Hall–Kier alpha value is -2.34. The zero-order valence-electron chi connectivity index (χ0n) is 10.6. The lowest BCUT2D eigenvalue weighted by atomic mass is 10.1. The first-order valence-corrected chi connectivity index (χ1v) is 7.26. The molecular weight excluding hydrogens is 272 g/mol. The van der Waals surface area contributed by atoms with E-state index in [0.29, 0.717) is 12.4 Å². The number of hydrogen-bond acceptors (Lipinski definition) is 5. The Morgan fingerprint density at radius 3 is 3.10 bits per heavy atom. The van der Waals surface area contributed by atoms with Crippen molar-refractivity contribution in [1.82, 2.24) is 15.2 Å². The average molecular weight is 284 g/mol. The second-order valence-corrected chi connectivity index (χ2v) is 5.39. The summed E-state index contributed by atoms with van der Waals surface area (Å²) in [6.45, 7) is 1.48. The van der Waals surface area contributed by atoms with Gasteiger partial charge in [0.15, 0.2) is 17.4 Å². The SMILES string of the molecule is c1csc(-c2nc(-c3cccc4c3OCCN4)n[nH]2)c1. The summed E-state index contributed by atoms with van der Waals surface area (Å²) in [5.41, 5.74) is 1.91. The van der Waals surface area contributed by atoms with E-state index in [1.165, 1.54) is 0 Å². The number of rotatable bonds is 2. The standard InChI is InChI=1S/C14H12N4OS/c1-3-9(12-10(4-1)15-6-7-19-12)13-16-14(18-17-13)11-5-2-8-20-11/h1-5,8,15H,6-7H2,(H,16,17,18). The molecule has 100 valence electrons. The summed E-state index contributed by atoms with van der Waals surface area (Å²) in [7, 11) is 0. The van der Waals surface area contributed by atoms with Crippen LogP contribution in [0.1, 0.15) is 0 Å². The van der Waals surface area contributed by atoms with Crippen molar-refractivity contribution >= 4 is 17.0 Å². The molecule has 0 atom stereocenters. The molecule has 0 radical (unpaired) electrons. The predicted molar refractivity (Wildman–Crippen MR) is 79.1 cm³/mol. The van der Waals surface area contributed by atoms with E-state index in [1.807, 2.05) is 35.7 Å². The number of ether oxygens (including phenoxy) is 1. The van der Waals surface area contributed by atoms with Gasteiger partial charge in [0.1, 0.15) is 6.61 Å². The first-order valence-electron chi connectivity index (χ1n) is 6.38. The molecule has 0 spiro atoms. The number of thiophene rings is 1. The molecule has 1 aromatic carbocycles. The zero-order chi connectivity index (χ0) is 13.4. The van der Waals surface area contributed by atoms with Gasteiger partial charge in [-0.1, -0.05) is 12.1 Å². The molecule has 4 rings (SSSR count). The highest BCUT2D eigenvalue weighted by Crippen LogP contribution is 2.37. The predicted octanol–water partition coefficient (Wildman–Crippen LogP) is 3.00. The maximum Gasteiger partial charge on any atom is 0.185 e. The van der Waals surface area contributed by atoms with Crippen LogP contribution in [0.4, 0.5) is 5.69 Å². The first-order chi connectivity index (χ1) is 9.92. The molecule has 0 amide bonds. The maximum absolute atomic E-state index is 5.76. The van der Waals surface area contributed by atoms with Gasteiger partial charge in [-0.15, -0.1) is 11.3 Å². The number of nitrogens with one attached hydrogen (secondary N) is 2. The lowest BCUT2D eigenvalue weighted by molar-refractivity contribution is 0.324. The molecule has 3 aromatic rings. The van der Waals surface area contributed by atoms with Crippen LogP contribution in [-0.4, -0.2) is 28.3 Å². The van der Waals surface area contributed by atoms with Crippen LogP contribution in [0.3, 0.4) is 0 Å². The van der Waals surface area contributed by atoms with Crippen molar-refractivity contribution in [2.45, 2.75) is 0 Å². The van der Waals surface area contributed by atoms with E-state index in [1.54, 1.807) is 11.3 Å². The fraction of sp³-hybridized carbons (Fsp3) is 0.143. The van der Waals surface area contributed by atoms with Crippen LogP contribution in [0, 0.1) is 0 Å². The quantitative estimate of drug-likeness (QED) is 0.759. The van der Waals surface area contributed by atoms with Crippen LogP contribution in [0.2, 0.25) is 0 Å². The molecule has 20 heavy (non-hydrogen) atoms.